The molecule has 6 nitrogen and oxygen atoms in total. The number of hydrogen-bond acceptors (Lipinski definition) is 3. The van der Waals surface area contributed by atoms with Gasteiger partial charge < -0.3 is 9.47 Å². The van der Waals surface area contributed by atoms with Crippen LogP contribution in [-0.2, 0) is 6.54 Å². The summed E-state index contributed by atoms with van der Waals surface area (Å²) in [5, 5.41) is 4.85. The molecule has 0 fully saturated rings. The van der Waals surface area contributed by atoms with E-state index in [0.717, 1.165) is 28.2 Å². The Labute approximate surface area is 192 Å². The van der Waals surface area contributed by atoms with Crippen LogP contribution in [0.5, 0.6) is 0 Å². The van der Waals surface area contributed by atoms with Gasteiger partial charge in [0.25, 0.3) is 5.91 Å². The first-order chi connectivity index (χ1) is 16.2. The van der Waals surface area contributed by atoms with Gasteiger partial charge in [0, 0.05) is 54.6 Å². The lowest BCUT2D eigenvalue weighted by molar-refractivity contribution is 0.0785. The van der Waals surface area contributed by atoms with E-state index in [9.17, 15) is 4.79 Å². The summed E-state index contributed by atoms with van der Waals surface area (Å²) in [5.41, 5.74) is 5.45. The zero-order valence-electron chi connectivity index (χ0n) is 18.2. The van der Waals surface area contributed by atoms with E-state index in [2.05, 4.69) is 4.98 Å². The minimum absolute atomic E-state index is 0.0429. The fourth-order valence-corrected chi connectivity index (χ4v) is 3.81. The largest absolute Gasteiger partial charge is 0.337 e. The van der Waals surface area contributed by atoms with Crippen molar-refractivity contribution in [3.05, 3.63) is 121 Å². The predicted octanol–water partition coefficient (Wildman–Crippen LogP) is 5.00. The fourth-order valence-electron chi connectivity index (χ4n) is 3.81. The van der Waals surface area contributed by atoms with Gasteiger partial charge in [0.15, 0.2) is 0 Å². The average Bonchev–Trinajstić information content (AvgIpc) is 3.56. The first-order valence-corrected chi connectivity index (χ1v) is 10.7. The van der Waals surface area contributed by atoms with E-state index in [1.165, 1.54) is 0 Å². The van der Waals surface area contributed by atoms with Crippen LogP contribution in [0.25, 0.3) is 22.6 Å². The maximum atomic E-state index is 13.2. The summed E-state index contributed by atoms with van der Waals surface area (Å²) in [7, 11) is 1.82. The summed E-state index contributed by atoms with van der Waals surface area (Å²) in [6, 6.07) is 27.6. The normalized spacial score (nSPS) is 10.8. The van der Waals surface area contributed by atoms with Gasteiger partial charge in [-0.15, -0.1) is 0 Å². The third-order valence-corrected chi connectivity index (χ3v) is 5.53. The Morgan fingerprint density at radius 3 is 2.24 bits per heavy atom. The third kappa shape index (κ3) is 4.32. The first-order valence-electron chi connectivity index (χ1n) is 10.7. The molecule has 0 bridgehead atoms. The molecule has 0 radical (unpaired) electrons. The molecule has 0 aliphatic rings. The molecule has 0 N–H and O–H groups in total. The van der Waals surface area contributed by atoms with E-state index in [-0.39, 0.29) is 5.91 Å². The van der Waals surface area contributed by atoms with Crippen molar-refractivity contribution in [2.24, 2.45) is 0 Å². The second-order valence-corrected chi connectivity index (χ2v) is 7.83. The fraction of sp³-hybridized carbons (Fsp3) is 0.0741. The number of rotatable bonds is 6. The lowest BCUT2D eigenvalue weighted by Crippen LogP contribution is -2.26. The topological polar surface area (TPSA) is 56.0 Å². The van der Waals surface area contributed by atoms with Crippen LogP contribution in [0.2, 0.25) is 0 Å². The molecule has 0 saturated heterocycles. The molecule has 33 heavy (non-hydrogen) atoms. The number of hydrogen-bond donors (Lipinski definition) is 0. The molecule has 5 aromatic rings. The van der Waals surface area contributed by atoms with Crippen LogP contribution in [0, 0.1) is 0 Å². The highest BCUT2D eigenvalue weighted by atomic mass is 16.2. The molecule has 0 spiro atoms. The average molecular weight is 434 g/mol. The Balaban J connectivity index is 1.42. The summed E-state index contributed by atoms with van der Waals surface area (Å²) in [4.78, 5) is 18.9. The molecule has 3 aromatic carbocycles. The van der Waals surface area contributed by atoms with Crippen LogP contribution in [0.4, 0.5) is 0 Å². The van der Waals surface area contributed by atoms with Gasteiger partial charge >= 0.3 is 0 Å². The molecule has 0 unspecified atom stereocenters. The van der Waals surface area contributed by atoms with E-state index in [0.29, 0.717) is 12.1 Å². The number of aromatic nitrogens is 4. The molecule has 2 heterocycles. The van der Waals surface area contributed by atoms with E-state index in [4.69, 9.17) is 5.10 Å². The van der Waals surface area contributed by atoms with Gasteiger partial charge in [0.2, 0.25) is 0 Å². The first kappa shape index (κ1) is 20.5. The van der Waals surface area contributed by atoms with Gasteiger partial charge in [0.1, 0.15) is 0 Å². The monoisotopic (exact) mass is 433 g/mol. The van der Waals surface area contributed by atoms with Crippen molar-refractivity contribution >= 4 is 5.91 Å². The number of benzene rings is 3. The van der Waals surface area contributed by atoms with Crippen LogP contribution >= 0.6 is 0 Å². The zero-order chi connectivity index (χ0) is 22.6. The number of carbonyl (C=O) groups excluding carboxylic acids is 1. The Morgan fingerprint density at radius 1 is 0.879 bits per heavy atom. The third-order valence-electron chi connectivity index (χ3n) is 5.53. The summed E-state index contributed by atoms with van der Waals surface area (Å²) < 4.78 is 3.78. The number of amides is 1. The zero-order valence-corrected chi connectivity index (χ0v) is 18.2. The molecular weight excluding hydrogens is 410 g/mol. The molecule has 0 aliphatic heterocycles. The molecule has 6 heteroatoms. The lowest BCUT2D eigenvalue weighted by atomic mass is 10.1. The van der Waals surface area contributed by atoms with Crippen LogP contribution in [0.1, 0.15) is 15.9 Å². The summed E-state index contributed by atoms with van der Waals surface area (Å²) in [5.74, 6) is -0.0429. The second-order valence-electron chi connectivity index (χ2n) is 7.83. The van der Waals surface area contributed by atoms with Gasteiger partial charge in [-0.2, -0.15) is 5.10 Å². The molecule has 1 amide bonds. The maximum absolute atomic E-state index is 13.2. The minimum atomic E-state index is -0.0429. The SMILES string of the molecule is CN(Cc1cn(-c2ccccc2)nc1-c1ccccc1)C(=O)c1ccc(-n2ccnc2)cc1. The molecule has 2 aromatic heterocycles. The molecule has 5 rings (SSSR count). The van der Waals surface area contributed by atoms with E-state index < -0.39 is 0 Å². The highest BCUT2D eigenvalue weighted by Gasteiger charge is 2.18. The van der Waals surface area contributed by atoms with Gasteiger partial charge in [-0.3, -0.25) is 4.79 Å². The number of imidazole rings is 1. The van der Waals surface area contributed by atoms with E-state index in [1.54, 1.807) is 17.4 Å². The number of nitrogens with zero attached hydrogens (tertiary/aromatic N) is 5. The lowest BCUT2D eigenvalue weighted by Gasteiger charge is -2.17. The van der Waals surface area contributed by atoms with Gasteiger partial charge in [-0.1, -0.05) is 48.5 Å². The minimum Gasteiger partial charge on any atom is -0.337 e. The Kier molecular flexibility index (Phi) is 5.55. The smallest absolute Gasteiger partial charge is 0.253 e. The van der Waals surface area contributed by atoms with Crippen molar-refractivity contribution in [2.45, 2.75) is 6.54 Å². The molecule has 0 saturated carbocycles. The van der Waals surface area contributed by atoms with Crippen molar-refractivity contribution in [3.63, 3.8) is 0 Å². The van der Waals surface area contributed by atoms with Gasteiger partial charge in [0.05, 0.1) is 17.7 Å². The van der Waals surface area contributed by atoms with Crippen LogP contribution in [0.15, 0.2) is 110 Å². The van der Waals surface area contributed by atoms with Crippen LogP contribution < -0.4 is 0 Å². The summed E-state index contributed by atoms with van der Waals surface area (Å²) in [6.45, 7) is 0.444. The van der Waals surface area contributed by atoms with Crippen molar-refractivity contribution in [3.8, 4) is 22.6 Å². The highest BCUT2D eigenvalue weighted by molar-refractivity contribution is 5.94. The van der Waals surface area contributed by atoms with E-state index >= 15 is 0 Å². The Morgan fingerprint density at radius 2 is 1.58 bits per heavy atom. The van der Waals surface area contributed by atoms with E-state index in [1.807, 2.05) is 114 Å². The van der Waals surface area contributed by atoms with Crippen LogP contribution in [-0.4, -0.2) is 37.2 Å². The second kappa shape index (κ2) is 8.96. The van der Waals surface area contributed by atoms with Crippen molar-refractivity contribution < 1.29 is 4.79 Å². The Bertz CT molecular complexity index is 1340. The molecular formula is C27H23N5O. The summed E-state index contributed by atoms with van der Waals surface area (Å²) in [6.07, 6.45) is 7.34. The molecule has 0 aliphatic carbocycles. The maximum Gasteiger partial charge on any atom is 0.253 e. The summed E-state index contributed by atoms with van der Waals surface area (Å²) >= 11 is 0. The van der Waals surface area contributed by atoms with Gasteiger partial charge in [-0.05, 0) is 36.4 Å². The quantitative estimate of drug-likeness (QED) is 0.379. The van der Waals surface area contributed by atoms with Crippen molar-refractivity contribution in [1.82, 2.24) is 24.2 Å². The highest BCUT2D eigenvalue weighted by Crippen LogP contribution is 2.25. The molecule has 162 valence electrons. The Hall–Kier alpha value is -4.45. The van der Waals surface area contributed by atoms with Crippen LogP contribution in [0.3, 0.4) is 0 Å². The predicted molar refractivity (Wildman–Crippen MR) is 128 cm³/mol. The molecule has 0 atom stereocenters. The number of para-hydroxylation sites is 1. The standard InChI is InChI=1S/C27H23N5O/c1-30(27(33)22-12-14-24(15-13-22)31-17-16-28-20-31)18-23-19-32(25-10-6-3-7-11-25)29-26(23)21-8-4-2-5-9-21/h2-17,19-20H,18H2,1H3. The number of carbonyl (C=O) groups is 1. The van der Waals surface area contributed by atoms with Gasteiger partial charge in [-0.25, -0.2) is 9.67 Å². The van der Waals surface area contributed by atoms with Crippen molar-refractivity contribution in [1.29, 1.82) is 0 Å². The van der Waals surface area contributed by atoms with Crippen molar-refractivity contribution in [2.75, 3.05) is 7.05 Å².